The Hall–Kier alpha value is -2.97. The van der Waals surface area contributed by atoms with Crippen LogP contribution in [-0.4, -0.2) is 45.7 Å². The molecule has 3 heterocycles. The monoisotopic (exact) mass is 477 g/mol. The minimum atomic E-state index is -0.438. The minimum absolute atomic E-state index is 0.00772. The van der Waals surface area contributed by atoms with E-state index in [2.05, 4.69) is 0 Å². The third kappa shape index (κ3) is 4.28. The molecule has 2 aromatic carbocycles. The number of amides is 1. The van der Waals surface area contributed by atoms with Crippen LogP contribution < -0.4 is 10.5 Å². The molecule has 8 heteroatoms. The van der Waals surface area contributed by atoms with Gasteiger partial charge in [0.1, 0.15) is 0 Å². The fourth-order valence-electron chi connectivity index (χ4n) is 4.72. The average Bonchev–Trinajstić information content (AvgIpc) is 3.50. The molecule has 3 aromatic rings. The molecule has 0 aliphatic carbocycles. The smallest absolute Gasteiger partial charge is 0.262 e. The van der Waals surface area contributed by atoms with Crippen LogP contribution in [0.4, 0.5) is 5.69 Å². The highest BCUT2D eigenvalue weighted by atomic mass is 32.2. The van der Waals surface area contributed by atoms with Gasteiger partial charge in [-0.15, -0.1) is 0 Å². The van der Waals surface area contributed by atoms with Crippen molar-refractivity contribution < 1.29 is 14.3 Å². The molecule has 7 nitrogen and oxygen atoms in total. The van der Waals surface area contributed by atoms with Gasteiger partial charge in [-0.25, -0.2) is 4.98 Å². The molecule has 0 radical (unpaired) electrons. The van der Waals surface area contributed by atoms with Crippen molar-refractivity contribution in [3.8, 4) is 0 Å². The van der Waals surface area contributed by atoms with Crippen LogP contribution in [0.2, 0.25) is 0 Å². The van der Waals surface area contributed by atoms with E-state index in [1.165, 1.54) is 11.8 Å². The molecular weight excluding hydrogens is 450 g/mol. The number of hydrogen-bond acceptors (Lipinski definition) is 6. The Morgan fingerprint density at radius 2 is 2.06 bits per heavy atom. The molecule has 1 saturated heterocycles. The number of aromatic nitrogens is 2. The third-order valence-electron chi connectivity index (χ3n) is 6.53. The number of ether oxygens (including phenoxy) is 1. The summed E-state index contributed by atoms with van der Waals surface area (Å²) in [7, 11) is 0. The van der Waals surface area contributed by atoms with Gasteiger partial charge >= 0.3 is 0 Å². The number of carbonyl (C=O) groups excluding carboxylic acids is 2. The molecule has 34 heavy (non-hydrogen) atoms. The van der Waals surface area contributed by atoms with Crippen LogP contribution in [0.1, 0.15) is 42.6 Å². The van der Waals surface area contributed by atoms with Crippen molar-refractivity contribution in [2.75, 3.05) is 18.1 Å². The zero-order valence-electron chi connectivity index (χ0n) is 19.3. The van der Waals surface area contributed by atoms with E-state index in [9.17, 15) is 14.4 Å². The van der Waals surface area contributed by atoms with E-state index >= 15 is 0 Å². The molecule has 2 atom stereocenters. The molecular formula is C26H27N3O4S. The Balaban J connectivity index is 1.44. The molecule has 0 saturated carbocycles. The van der Waals surface area contributed by atoms with Gasteiger partial charge in [-0.1, -0.05) is 23.9 Å². The van der Waals surface area contributed by atoms with Gasteiger partial charge in [-0.3, -0.25) is 19.0 Å². The molecule has 176 valence electrons. The number of fused-ring (bicyclic) bond motifs is 2. The number of rotatable bonds is 6. The number of carbonyl (C=O) groups is 2. The molecule has 0 bridgehead atoms. The van der Waals surface area contributed by atoms with Gasteiger partial charge in [0.05, 0.1) is 28.8 Å². The van der Waals surface area contributed by atoms with Crippen molar-refractivity contribution >= 4 is 40.0 Å². The van der Waals surface area contributed by atoms with Gasteiger partial charge in [0.15, 0.2) is 10.9 Å². The van der Waals surface area contributed by atoms with Crippen LogP contribution in [0.15, 0.2) is 52.4 Å². The Bertz CT molecular complexity index is 1330. The lowest BCUT2D eigenvalue weighted by molar-refractivity contribution is -0.116. The first kappa shape index (κ1) is 22.8. The van der Waals surface area contributed by atoms with Crippen molar-refractivity contribution in [1.82, 2.24) is 9.55 Å². The molecule has 2 aliphatic heterocycles. The number of hydrogen-bond donors (Lipinski definition) is 0. The largest absolute Gasteiger partial charge is 0.376 e. The molecule has 0 spiro atoms. The Kier molecular flexibility index (Phi) is 6.27. The first-order valence-electron chi connectivity index (χ1n) is 11.7. The van der Waals surface area contributed by atoms with Gasteiger partial charge in [-0.2, -0.15) is 0 Å². The molecule has 1 fully saturated rings. The third-order valence-corrected chi connectivity index (χ3v) is 7.62. The highest BCUT2D eigenvalue weighted by Gasteiger charge is 2.26. The van der Waals surface area contributed by atoms with Crippen LogP contribution in [0.5, 0.6) is 0 Å². The molecule has 1 aromatic heterocycles. The number of nitrogens with zero attached hydrogens (tertiary/aromatic N) is 3. The Morgan fingerprint density at radius 3 is 2.82 bits per heavy atom. The summed E-state index contributed by atoms with van der Waals surface area (Å²) in [6.45, 7) is 5.18. The molecule has 5 rings (SSSR count). The number of para-hydroxylation sites is 1. The van der Waals surface area contributed by atoms with E-state index < -0.39 is 5.25 Å². The maximum Gasteiger partial charge on any atom is 0.262 e. The standard InChI is InChI=1S/C26H27N3O4S/c1-16(24(31)19-9-10-23-18(14-19)11-12-28(23)17(2)30)34-26-27-22-8-4-3-7-21(22)25(32)29(26)15-20-6-5-13-33-20/h3-4,7-10,14,16,20H,5-6,11-13,15H2,1-2H3/t16-,20+/m0/s1. The fraction of sp³-hybridized carbons (Fsp3) is 0.385. The van der Waals surface area contributed by atoms with Crippen molar-refractivity contribution in [3.63, 3.8) is 0 Å². The first-order chi connectivity index (χ1) is 16.4. The first-order valence-corrected chi connectivity index (χ1v) is 12.5. The summed E-state index contributed by atoms with van der Waals surface area (Å²) in [5, 5.41) is 0.661. The summed E-state index contributed by atoms with van der Waals surface area (Å²) in [6.07, 6.45) is 2.61. The van der Waals surface area contributed by atoms with E-state index in [1.807, 2.05) is 37.3 Å². The topological polar surface area (TPSA) is 81.5 Å². The van der Waals surface area contributed by atoms with Crippen molar-refractivity contribution in [3.05, 3.63) is 63.9 Å². The van der Waals surface area contributed by atoms with E-state index in [-0.39, 0.29) is 23.4 Å². The lowest BCUT2D eigenvalue weighted by Gasteiger charge is -2.19. The summed E-state index contributed by atoms with van der Waals surface area (Å²) >= 11 is 1.31. The van der Waals surface area contributed by atoms with Crippen LogP contribution >= 0.6 is 11.8 Å². The molecule has 0 N–H and O–H groups in total. The van der Waals surface area contributed by atoms with Crippen molar-refractivity contribution in [1.29, 1.82) is 0 Å². The minimum Gasteiger partial charge on any atom is -0.376 e. The Morgan fingerprint density at radius 1 is 1.24 bits per heavy atom. The van der Waals surface area contributed by atoms with Crippen LogP contribution in [0, 0.1) is 0 Å². The molecule has 2 aliphatic rings. The second-order valence-corrected chi connectivity index (χ2v) is 10.2. The number of anilines is 1. The van der Waals surface area contributed by atoms with Crippen LogP contribution in [0.25, 0.3) is 10.9 Å². The molecule has 1 amide bonds. The SMILES string of the molecule is CC(=O)N1CCc2cc(C(=O)[C@H](C)Sc3nc4ccccc4c(=O)n3C[C@H]3CCCO3)ccc21. The highest BCUT2D eigenvalue weighted by molar-refractivity contribution is 8.00. The second-order valence-electron chi connectivity index (χ2n) is 8.85. The number of Topliss-reactive ketones (excluding diaryl/α,β-unsaturated/α-hetero) is 1. The summed E-state index contributed by atoms with van der Waals surface area (Å²) in [5.41, 5.74) is 3.02. The summed E-state index contributed by atoms with van der Waals surface area (Å²) < 4.78 is 7.44. The number of benzene rings is 2. The van der Waals surface area contributed by atoms with Gasteiger partial charge in [0.2, 0.25) is 5.91 Å². The average molecular weight is 478 g/mol. The summed E-state index contributed by atoms with van der Waals surface area (Å²) in [4.78, 5) is 45.0. The van der Waals surface area contributed by atoms with Crippen LogP contribution in [-0.2, 0) is 22.5 Å². The number of thioether (sulfide) groups is 1. The number of ketones is 1. The predicted octanol–water partition coefficient (Wildman–Crippen LogP) is 3.85. The lowest BCUT2D eigenvalue weighted by Crippen LogP contribution is -2.29. The normalized spacial score (nSPS) is 18.3. The maximum atomic E-state index is 13.3. The zero-order chi connectivity index (χ0) is 23.8. The zero-order valence-corrected chi connectivity index (χ0v) is 20.1. The van der Waals surface area contributed by atoms with E-state index in [0.29, 0.717) is 41.3 Å². The molecule has 0 unspecified atom stereocenters. The van der Waals surface area contributed by atoms with Gasteiger partial charge in [0.25, 0.3) is 5.56 Å². The van der Waals surface area contributed by atoms with E-state index in [0.717, 1.165) is 30.5 Å². The van der Waals surface area contributed by atoms with Gasteiger partial charge in [0, 0.05) is 31.3 Å². The van der Waals surface area contributed by atoms with Crippen molar-refractivity contribution in [2.45, 2.75) is 56.2 Å². The van der Waals surface area contributed by atoms with Gasteiger partial charge in [-0.05, 0) is 62.1 Å². The van der Waals surface area contributed by atoms with E-state index in [1.54, 1.807) is 28.5 Å². The second kappa shape index (κ2) is 9.35. The lowest BCUT2D eigenvalue weighted by atomic mass is 10.0. The quantitative estimate of drug-likeness (QED) is 0.305. The van der Waals surface area contributed by atoms with Crippen LogP contribution in [0.3, 0.4) is 0 Å². The van der Waals surface area contributed by atoms with Gasteiger partial charge < -0.3 is 9.64 Å². The maximum absolute atomic E-state index is 13.3. The van der Waals surface area contributed by atoms with Crippen molar-refractivity contribution in [2.24, 2.45) is 0 Å². The predicted molar refractivity (Wildman–Crippen MR) is 133 cm³/mol. The van der Waals surface area contributed by atoms with E-state index in [4.69, 9.17) is 9.72 Å². The fourth-order valence-corrected chi connectivity index (χ4v) is 5.71. The Labute approximate surface area is 202 Å². The highest BCUT2D eigenvalue weighted by Crippen LogP contribution is 2.31. The summed E-state index contributed by atoms with van der Waals surface area (Å²) in [6, 6.07) is 12.8. The summed E-state index contributed by atoms with van der Waals surface area (Å²) in [5.74, 6) is -0.0199.